The van der Waals surface area contributed by atoms with Crippen LogP contribution in [0.4, 0.5) is 11.5 Å². The molecule has 1 aliphatic heterocycles. The fraction of sp³-hybridized carbons (Fsp3) is 0.312. The molecule has 0 bridgehead atoms. The van der Waals surface area contributed by atoms with E-state index in [1.54, 1.807) is 4.90 Å². The van der Waals surface area contributed by atoms with Crippen molar-refractivity contribution in [3.8, 4) is 0 Å². The molecule has 0 radical (unpaired) electrons. The normalized spacial score (nSPS) is 17.5. The Bertz CT molecular complexity index is 670. The average molecular weight is 297 g/mol. The lowest BCUT2D eigenvalue weighted by molar-refractivity contribution is 0.0791. The molecule has 114 valence electrons. The van der Waals surface area contributed by atoms with Crippen molar-refractivity contribution in [3.63, 3.8) is 0 Å². The minimum absolute atomic E-state index is 0.0200. The lowest BCUT2D eigenvalue weighted by Crippen LogP contribution is -2.31. The number of amides is 1. The number of anilines is 2. The molecule has 1 amide bonds. The Hall–Kier alpha value is -2.47. The van der Waals surface area contributed by atoms with Crippen molar-refractivity contribution >= 4 is 17.4 Å². The average Bonchev–Trinajstić information content (AvgIpc) is 2.96. The maximum absolute atomic E-state index is 12.5. The number of nitrogens with zero attached hydrogens (tertiary/aromatic N) is 3. The number of likely N-dealkylation sites (tertiary alicyclic amines) is 1. The maximum Gasteiger partial charge on any atom is 0.253 e. The van der Waals surface area contributed by atoms with Gasteiger partial charge in [-0.25, -0.2) is 0 Å². The lowest BCUT2D eigenvalue weighted by atomic mass is 10.1. The van der Waals surface area contributed by atoms with Crippen LogP contribution in [0.2, 0.25) is 0 Å². The van der Waals surface area contributed by atoms with Crippen LogP contribution in [0.3, 0.4) is 0 Å². The van der Waals surface area contributed by atoms with Crippen molar-refractivity contribution < 1.29 is 4.79 Å². The van der Waals surface area contributed by atoms with Gasteiger partial charge in [0.05, 0.1) is 5.69 Å². The van der Waals surface area contributed by atoms with E-state index in [4.69, 9.17) is 5.73 Å². The first kappa shape index (κ1) is 14.5. The largest absolute Gasteiger partial charge is 0.339 e. The van der Waals surface area contributed by atoms with Gasteiger partial charge in [-0.1, -0.05) is 6.07 Å². The SMILES string of the molecule is Cc1ccc(Nc2cccc(C(=O)N3CC[C@H](N)C3)c2)nn1. The summed E-state index contributed by atoms with van der Waals surface area (Å²) in [5, 5.41) is 11.2. The molecule has 1 saturated heterocycles. The van der Waals surface area contributed by atoms with Gasteiger partial charge in [-0.2, -0.15) is 5.10 Å². The lowest BCUT2D eigenvalue weighted by Gasteiger charge is -2.16. The number of carbonyl (C=O) groups is 1. The molecular weight excluding hydrogens is 278 g/mol. The standard InChI is InChI=1S/C16H19N5O/c1-11-5-6-15(20-19-11)18-14-4-2-3-12(9-14)16(22)21-8-7-13(17)10-21/h2-6,9,13H,7-8,10,17H2,1H3,(H,18,20)/t13-/m0/s1. The maximum atomic E-state index is 12.5. The van der Waals surface area contributed by atoms with Crippen LogP contribution in [-0.2, 0) is 0 Å². The summed E-state index contributed by atoms with van der Waals surface area (Å²) < 4.78 is 0. The van der Waals surface area contributed by atoms with Gasteiger partial charge in [0.25, 0.3) is 5.91 Å². The molecule has 3 N–H and O–H groups in total. The van der Waals surface area contributed by atoms with Gasteiger partial charge >= 0.3 is 0 Å². The summed E-state index contributed by atoms with van der Waals surface area (Å²) in [5.41, 5.74) is 8.19. The molecule has 2 aromatic rings. The van der Waals surface area contributed by atoms with Gasteiger partial charge in [0, 0.05) is 30.4 Å². The molecule has 0 spiro atoms. The van der Waals surface area contributed by atoms with Gasteiger partial charge in [0.15, 0.2) is 5.82 Å². The van der Waals surface area contributed by atoms with Crippen molar-refractivity contribution in [3.05, 3.63) is 47.7 Å². The third-order valence-electron chi connectivity index (χ3n) is 3.69. The highest BCUT2D eigenvalue weighted by molar-refractivity contribution is 5.95. The molecular formula is C16H19N5O. The molecule has 22 heavy (non-hydrogen) atoms. The van der Waals surface area contributed by atoms with E-state index in [0.717, 1.165) is 24.3 Å². The topological polar surface area (TPSA) is 84.1 Å². The summed E-state index contributed by atoms with van der Waals surface area (Å²) in [5.74, 6) is 0.671. The Balaban J connectivity index is 1.74. The number of benzene rings is 1. The van der Waals surface area contributed by atoms with Crippen LogP contribution < -0.4 is 11.1 Å². The number of carbonyl (C=O) groups excluding carboxylic acids is 1. The highest BCUT2D eigenvalue weighted by atomic mass is 16.2. The van der Waals surface area contributed by atoms with E-state index in [1.807, 2.05) is 43.3 Å². The zero-order valence-electron chi connectivity index (χ0n) is 12.5. The molecule has 6 nitrogen and oxygen atoms in total. The third-order valence-corrected chi connectivity index (χ3v) is 3.69. The van der Waals surface area contributed by atoms with Crippen molar-refractivity contribution in [2.45, 2.75) is 19.4 Å². The second kappa shape index (κ2) is 6.11. The van der Waals surface area contributed by atoms with E-state index in [1.165, 1.54) is 0 Å². The summed E-state index contributed by atoms with van der Waals surface area (Å²) in [6.07, 6.45) is 0.864. The molecule has 1 aromatic carbocycles. The Morgan fingerprint density at radius 1 is 1.32 bits per heavy atom. The van der Waals surface area contributed by atoms with Gasteiger partial charge in [-0.05, 0) is 43.7 Å². The molecule has 0 unspecified atom stereocenters. The number of aromatic nitrogens is 2. The Labute approximate surface area is 129 Å². The fourth-order valence-corrected chi connectivity index (χ4v) is 2.50. The minimum atomic E-state index is 0.0200. The summed E-state index contributed by atoms with van der Waals surface area (Å²) in [7, 11) is 0. The molecule has 1 fully saturated rings. The molecule has 1 aliphatic rings. The van der Waals surface area contributed by atoms with Gasteiger partial charge < -0.3 is 16.0 Å². The first-order valence-electron chi connectivity index (χ1n) is 7.34. The molecule has 2 heterocycles. The van der Waals surface area contributed by atoms with Crippen LogP contribution in [0.15, 0.2) is 36.4 Å². The zero-order chi connectivity index (χ0) is 15.5. The van der Waals surface area contributed by atoms with Gasteiger partial charge in [-0.3, -0.25) is 4.79 Å². The van der Waals surface area contributed by atoms with E-state index in [2.05, 4.69) is 15.5 Å². The number of nitrogens with one attached hydrogen (secondary N) is 1. The second-order valence-electron chi connectivity index (χ2n) is 5.57. The number of hydrogen-bond acceptors (Lipinski definition) is 5. The number of aryl methyl sites for hydroxylation is 1. The predicted octanol–water partition coefficient (Wildman–Crippen LogP) is 1.70. The summed E-state index contributed by atoms with van der Waals surface area (Å²) in [6.45, 7) is 3.23. The van der Waals surface area contributed by atoms with Crippen molar-refractivity contribution in [2.75, 3.05) is 18.4 Å². The molecule has 0 saturated carbocycles. The van der Waals surface area contributed by atoms with Gasteiger partial charge in [-0.15, -0.1) is 5.10 Å². The van der Waals surface area contributed by atoms with E-state index < -0.39 is 0 Å². The quantitative estimate of drug-likeness (QED) is 0.901. The first-order chi connectivity index (χ1) is 10.6. The van der Waals surface area contributed by atoms with Crippen molar-refractivity contribution in [1.82, 2.24) is 15.1 Å². The van der Waals surface area contributed by atoms with E-state index in [0.29, 0.717) is 17.9 Å². The third kappa shape index (κ3) is 3.23. The minimum Gasteiger partial charge on any atom is -0.339 e. The van der Waals surface area contributed by atoms with E-state index in [9.17, 15) is 4.79 Å². The molecule has 3 rings (SSSR count). The van der Waals surface area contributed by atoms with E-state index in [-0.39, 0.29) is 11.9 Å². The summed E-state index contributed by atoms with van der Waals surface area (Å²) >= 11 is 0. The van der Waals surface area contributed by atoms with Crippen molar-refractivity contribution in [1.29, 1.82) is 0 Å². The Morgan fingerprint density at radius 2 is 2.18 bits per heavy atom. The molecule has 1 aromatic heterocycles. The molecule has 0 aliphatic carbocycles. The Kier molecular flexibility index (Phi) is 4.02. The van der Waals surface area contributed by atoms with Crippen LogP contribution in [0.1, 0.15) is 22.5 Å². The van der Waals surface area contributed by atoms with Crippen LogP contribution in [0, 0.1) is 6.92 Å². The van der Waals surface area contributed by atoms with Gasteiger partial charge in [0.1, 0.15) is 0 Å². The smallest absolute Gasteiger partial charge is 0.253 e. The summed E-state index contributed by atoms with van der Waals surface area (Å²) in [4.78, 5) is 14.3. The van der Waals surface area contributed by atoms with Crippen LogP contribution in [0.25, 0.3) is 0 Å². The molecule has 1 atom stereocenters. The Morgan fingerprint density at radius 3 is 2.86 bits per heavy atom. The zero-order valence-corrected chi connectivity index (χ0v) is 12.5. The fourth-order valence-electron chi connectivity index (χ4n) is 2.50. The highest BCUT2D eigenvalue weighted by Gasteiger charge is 2.24. The number of hydrogen-bond donors (Lipinski definition) is 2. The predicted molar refractivity (Wildman–Crippen MR) is 85.0 cm³/mol. The summed E-state index contributed by atoms with van der Waals surface area (Å²) in [6, 6.07) is 11.2. The monoisotopic (exact) mass is 297 g/mol. The van der Waals surface area contributed by atoms with Gasteiger partial charge in [0.2, 0.25) is 0 Å². The first-order valence-corrected chi connectivity index (χ1v) is 7.34. The van der Waals surface area contributed by atoms with Crippen LogP contribution >= 0.6 is 0 Å². The van der Waals surface area contributed by atoms with Crippen LogP contribution in [-0.4, -0.2) is 40.1 Å². The highest BCUT2D eigenvalue weighted by Crippen LogP contribution is 2.18. The number of nitrogens with two attached hydrogens (primary N) is 1. The second-order valence-corrected chi connectivity index (χ2v) is 5.57. The van der Waals surface area contributed by atoms with Crippen LogP contribution in [0.5, 0.6) is 0 Å². The number of rotatable bonds is 3. The molecule has 6 heteroatoms. The van der Waals surface area contributed by atoms with Crippen molar-refractivity contribution in [2.24, 2.45) is 5.73 Å². The van der Waals surface area contributed by atoms with E-state index >= 15 is 0 Å².